The first kappa shape index (κ1) is 8.26. The average molecular weight is 124 g/mol. The average Bonchev–Trinajstić information content (AvgIpc) is 1.88. The maximum atomic E-state index is 4.88. The fraction of sp³-hybridized carbons (Fsp3) is 0.500. The van der Waals surface area contributed by atoms with Gasteiger partial charge in [-0.1, -0.05) is 12.0 Å². The largest absolute Gasteiger partial charge is 0.379 e. The van der Waals surface area contributed by atoms with Crippen LogP contribution >= 0.6 is 0 Å². The third-order valence-corrected chi connectivity index (χ3v) is 0.934. The summed E-state index contributed by atoms with van der Waals surface area (Å²) in [7, 11) is 1.67. The SMILES string of the molecule is CC#C/C(=C\C)COC. The molecule has 0 bridgehead atoms. The number of hydrogen-bond donors (Lipinski definition) is 0. The normalized spacial score (nSPS) is 10.3. The van der Waals surface area contributed by atoms with E-state index in [1.165, 1.54) is 0 Å². The fourth-order valence-corrected chi connectivity index (χ4v) is 0.508. The first-order valence-electron chi connectivity index (χ1n) is 2.92. The molecule has 1 nitrogen and oxygen atoms in total. The lowest BCUT2D eigenvalue weighted by Gasteiger charge is -1.93. The van der Waals surface area contributed by atoms with Crippen molar-refractivity contribution in [3.63, 3.8) is 0 Å². The van der Waals surface area contributed by atoms with Crippen LogP contribution in [0.1, 0.15) is 13.8 Å². The molecule has 0 fully saturated rings. The molecule has 0 N–H and O–H groups in total. The molecule has 0 aromatic carbocycles. The van der Waals surface area contributed by atoms with Crippen molar-refractivity contribution in [3.05, 3.63) is 11.6 Å². The highest BCUT2D eigenvalue weighted by atomic mass is 16.5. The molecule has 50 valence electrons. The number of ether oxygens (including phenoxy) is 1. The van der Waals surface area contributed by atoms with Crippen molar-refractivity contribution in [2.75, 3.05) is 13.7 Å². The Morgan fingerprint density at radius 1 is 1.67 bits per heavy atom. The lowest BCUT2D eigenvalue weighted by molar-refractivity contribution is 0.229. The Morgan fingerprint density at radius 3 is 2.67 bits per heavy atom. The van der Waals surface area contributed by atoms with E-state index in [1.807, 2.05) is 19.9 Å². The summed E-state index contributed by atoms with van der Waals surface area (Å²) in [6.07, 6.45) is 1.96. The van der Waals surface area contributed by atoms with Crippen molar-refractivity contribution < 1.29 is 4.74 Å². The number of allylic oxidation sites excluding steroid dienone is 1. The van der Waals surface area contributed by atoms with Crippen molar-refractivity contribution >= 4 is 0 Å². The second-order valence-electron chi connectivity index (χ2n) is 1.62. The van der Waals surface area contributed by atoms with E-state index in [4.69, 9.17) is 4.74 Å². The highest BCUT2D eigenvalue weighted by Gasteiger charge is 1.85. The molecule has 0 aliphatic heterocycles. The Balaban J connectivity index is 3.80. The maximum absolute atomic E-state index is 4.88. The van der Waals surface area contributed by atoms with Gasteiger partial charge in [-0.3, -0.25) is 0 Å². The molecule has 0 heterocycles. The summed E-state index contributed by atoms with van der Waals surface area (Å²) < 4.78 is 4.88. The van der Waals surface area contributed by atoms with Crippen LogP contribution in [-0.4, -0.2) is 13.7 Å². The molecule has 0 radical (unpaired) electrons. The van der Waals surface area contributed by atoms with Crippen molar-refractivity contribution in [1.82, 2.24) is 0 Å². The molecule has 0 atom stereocenters. The van der Waals surface area contributed by atoms with Crippen LogP contribution in [0.25, 0.3) is 0 Å². The first-order chi connectivity index (χ1) is 4.35. The molecule has 0 amide bonds. The molecule has 0 saturated heterocycles. The van der Waals surface area contributed by atoms with Crippen LogP contribution in [0.3, 0.4) is 0 Å². The Kier molecular flexibility index (Phi) is 4.95. The number of rotatable bonds is 2. The highest BCUT2D eigenvalue weighted by Crippen LogP contribution is 1.90. The maximum Gasteiger partial charge on any atom is 0.0788 e. The van der Waals surface area contributed by atoms with Gasteiger partial charge in [0, 0.05) is 12.7 Å². The fourth-order valence-electron chi connectivity index (χ4n) is 0.508. The van der Waals surface area contributed by atoms with E-state index in [1.54, 1.807) is 7.11 Å². The van der Waals surface area contributed by atoms with Gasteiger partial charge in [-0.25, -0.2) is 0 Å². The Labute approximate surface area is 56.7 Å². The molecule has 0 aromatic heterocycles. The minimum absolute atomic E-state index is 0.622. The van der Waals surface area contributed by atoms with Gasteiger partial charge in [0.25, 0.3) is 0 Å². The summed E-state index contributed by atoms with van der Waals surface area (Å²) in [6.45, 7) is 4.40. The van der Waals surface area contributed by atoms with E-state index >= 15 is 0 Å². The van der Waals surface area contributed by atoms with E-state index < -0.39 is 0 Å². The molecule has 0 spiro atoms. The van der Waals surface area contributed by atoms with Gasteiger partial charge in [0.1, 0.15) is 0 Å². The van der Waals surface area contributed by atoms with Gasteiger partial charge in [0.2, 0.25) is 0 Å². The standard InChI is InChI=1S/C8H12O/c1-4-6-8(5-2)7-9-3/h5H,7H2,1-3H3/b8-5+. The highest BCUT2D eigenvalue weighted by molar-refractivity contribution is 5.27. The topological polar surface area (TPSA) is 9.23 Å². The van der Waals surface area contributed by atoms with E-state index in [9.17, 15) is 0 Å². The zero-order valence-electron chi connectivity index (χ0n) is 6.19. The Morgan fingerprint density at radius 2 is 2.33 bits per heavy atom. The third kappa shape index (κ3) is 3.81. The van der Waals surface area contributed by atoms with Gasteiger partial charge in [-0.05, 0) is 13.8 Å². The Hall–Kier alpha value is -0.740. The molecule has 1 heteroatoms. The molecular weight excluding hydrogens is 112 g/mol. The van der Waals surface area contributed by atoms with Gasteiger partial charge >= 0.3 is 0 Å². The summed E-state index contributed by atoms with van der Waals surface area (Å²) in [4.78, 5) is 0. The van der Waals surface area contributed by atoms with E-state index in [2.05, 4.69) is 11.8 Å². The van der Waals surface area contributed by atoms with Gasteiger partial charge in [0.05, 0.1) is 6.61 Å². The van der Waals surface area contributed by atoms with Crippen LogP contribution in [0, 0.1) is 11.8 Å². The van der Waals surface area contributed by atoms with Crippen LogP contribution in [0.4, 0.5) is 0 Å². The van der Waals surface area contributed by atoms with Crippen molar-refractivity contribution in [1.29, 1.82) is 0 Å². The van der Waals surface area contributed by atoms with Gasteiger partial charge in [-0.15, -0.1) is 5.92 Å². The molecule has 9 heavy (non-hydrogen) atoms. The lowest BCUT2D eigenvalue weighted by Crippen LogP contribution is -1.90. The van der Waals surface area contributed by atoms with Gasteiger partial charge in [-0.2, -0.15) is 0 Å². The van der Waals surface area contributed by atoms with Crippen molar-refractivity contribution in [2.45, 2.75) is 13.8 Å². The third-order valence-electron chi connectivity index (χ3n) is 0.934. The molecule has 0 aromatic rings. The minimum Gasteiger partial charge on any atom is -0.379 e. The summed E-state index contributed by atoms with van der Waals surface area (Å²) in [5.41, 5.74) is 1.04. The summed E-state index contributed by atoms with van der Waals surface area (Å²) >= 11 is 0. The minimum atomic E-state index is 0.622. The molecular formula is C8H12O. The quantitative estimate of drug-likeness (QED) is 0.508. The van der Waals surface area contributed by atoms with Gasteiger partial charge in [0.15, 0.2) is 0 Å². The second-order valence-corrected chi connectivity index (χ2v) is 1.62. The zero-order valence-corrected chi connectivity index (χ0v) is 6.19. The first-order valence-corrected chi connectivity index (χ1v) is 2.92. The van der Waals surface area contributed by atoms with Crippen LogP contribution in [0.2, 0.25) is 0 Å². The van der Waals surface area contributed by atoms with Crippen LogP contribution < -0.4 is 0 Å². The summed E-state index contributed by atoms with van der Waals surface area (Å²) in [5.74, 6) is 5.72. The van der Waals surface area contributed by atoms with E-state index in [0.29, 0.717) is 6.61 Å². The van der Waals surface area contributed by atoms with Crippen LogP contribution in [0.5, 0.6) is 0 Å². The smallest absolute Gasteiger partial charge is 0.0788 e. The molecule has 0 aliphatic rings. The number of methoxy groups -OCH3 is 1. The van der Waals surface area contributed by atoms with Crippen molar-refractivity contribution in [2.24, 2.45) is 0 Å². The monoisotopic (exact) mass is 124 g/mol. The van der Waals surface area contributed by atoms with Crippen LogP contribution in [-0.2, 0) is 4.74 Å². The molecule has 0 aliphatic carbocycles. The molecule has 0 rings (SSSR count). The van der Waals surface area contributed by atoms with Crippen LogP contribution in [0.15, 0.2) is 11.6 Å². The predicted molar refractivity (Wildman–Crippen MR) is 39.1 cm³/mol. The predicted octanol–water partition coefficient (Wildman–Crippen LogP) is 1.60. The van der Waals surface area contributed by atoms with Crippen molar-refractivity contribution in [3.8, 4) is 11.8 Å². The summed E-state index contributed by atoms with van der Waals surface area (Å²) in [6, 6.07) is 0. The summed E-state index contributed by atoms with van der Waals surface area (Å²) in [5, 5.41) is 0. The second kappa shape index (κ2) is 5.40. The zero-order chi connectivity index (χ0) is 7.11. The number of hydrogen-bond acceptors (Lipinski definition) is 1. The Bertz CT molecular complexity index is 146. The molecule has 0 unspecified atom stereocenters. The van der Waals surface area contributed by atoms with E-state index in [-0.39, 0.29) is 0 Å². The molecule has 0 saturated carbocycles. The lowest BCUT2D eigenvalue weighted by atomic mass is 10.3. The van der Waals surface area contributed by atoms with E-state index in [0.717, 1.165) is 5.57 Å². The van der Waals surface area contributed by atoms with Gasteiger partial charge < -0.3 is 4.74 Å².